The summed E-state index contributed by atoms with van der Waals surface area (Å²) in [5, 5.41) is 6.99. The average molecular weight is 590 g/mol. The fourth-order valence-corrected chi connectivity index (χ4v) is 7.63. The van der Waals surface area contributed by atoms with Crippen molar-refractivity contribution in [3.05, 3.63) is 76.3 Å². The number of benzene rings is 2. The molecule has 0 aromatic heterocycles. The maximum Gasteiger partial charge on any atom is 0.246 e. The zero-order valence-corrected chi connectivity index (χ0v) is 25.5. The van der Waals surface area contributed by atoms with E-state index in [1.807, 2.05) is 68.5 Å². The molecule has 42 heavy (non-hydrogen) atoms. The molecule has 0 radical (unpaired) electrons. The van der Waals surface area contributed by atoms with Gasteiger partial charge in [0.25, 0.3) is 0 Å². The highest BCUT2D eigenvalue weighted by molar-refractivity contribution is 6.30. The predicted molar refractivity (Wildman–Crippen MR) is 163 cm³/mol. The first-order valence-corrected chi connectivity index (χ1v) is 15.6. The van der Waals surface area contributed by atoms with Gasteiger partial charge in [0.2, 0.25) is 17.7 Å². The van der Waals surface area contributed by atoms with Gasteiger partial charge in [-0.25, -0.2) is 0 Å². The van der Waals surface area contributed by atoms with Gasteiger partial charge >= 0.3 is 0 Å². The summed E-state index contributed by atoms with van der Waals surface area (Å²) in [7, 11) is 0. The van der Waals surface area contributed by atoms with Crippen LogP contribution in [-0.4, -0.2) is 53.0 Å². The summed E-state index contributed by atoms with van der Waals surface area (Å²) in [6, 6.07) is 12.5. The largest absolute Gasteiger partial charge is 0.359 e. The summed E-state index contributed by atoms with van der Waals surface area (Å²) in [5.74, 6) is -1.33. The zero-order chi connectivity index (χ0) is 29.8. The molecule has 3 amide bonds. The molecule has 8 heteroatoms. The Balaban J connectivity index is 1.30. The molecular weight excluding hydrogens is 550 g/mol. The molecule has 8 atom stereocenters. The molecule has 2 bridgehead atoms. The van der Waals surface area contributed by atoms with Crippen molar-refractivity contribution in [2.24, 2.45) is 23.7 Å². The van der Waals surface area contributed by atoms with Gasteiger partial charge in [-0.05, 0) is 79.5 Å². The molecule has 3 heterocycles. The van der Waals surface area contributed by atoms with Gasteiger partial charge in [0.15, 0.2) is 0 Å². The van der Waals surface area contributed by atoms with Gasteiger partial charge < -0.3 is 20.3 Å². The second-order valence-electron chi connectivity index (χ2n) is 12.8. The number of hydrogen-bond donors (Lipinski definition) is 2. The van der Waals surface area contributed by atoms with Crippen molar-refractivity contribution in [1.82, 2.24) is 10.2 Å². The third-order valence-corrected chi connectivity index (χ3v) is 10.5. The van der Waals surface area contributed by atoms with Crippen LogP contribution in [0.5, 0.6) is 0 Å². The quantitative estimate of drug-likeness (QED) is 0.433. The highest BCUT2D eigenvalue weighted by Gasteiger charge is 2.72. The maximum absolute atomic E-state index is 14.3. The van der Waals surface area contributed by atoms with Crippen LogP contribution >= 0.6 is 11.6 Å². The van der Waals surface area contributed by atoms with Gasteiger partial charge in [-0.2, -0.15) is 0 Å². The number of halogens is 1. The second kappa shape index (κ2) is 11.2. The van der Waals surface area contributed by atoms with Crippen molar-refractivity contribution in [1.29, 1.82) is 0 Å². The Hall–Kier alpha value is -3.16. The molecule has 7 nitrogen and oxygen atoms in total. The van der Waals surface area contributed by atoms with E-state index in [0.717, 1.165) is 36.0 Å². The van der Waals surface area contributed by atoms with E-state index in [0.29, 0.717) is 35.5 Å². The Morgan fingerprint density at radius 2 is 1.81 bits per heavy atom. The minimum Gasteiger partial charge on any atom is -0.359 e. The number of aryl methyl sites for hydroxylation is 2. The molecular formula is C34H40ClN3O4. The number of hydrogen-bond acceptors (Lipinski definition) is 4. The summed E-state index contributed by atoms with van der Waals surface area (Å²) in [4.78, 5) is 43.9. The van der Waals surface area contributed by atoms with E-state index in [-0.39, 0.29) is 23.8 Å². The molecule has 2 N–H and O–H groups in total. The van der Waals surface area contributed by atoms with Crippen molar-refractivity contribution in [2.45, 2.75) is 77.2 Å². The molecule has 1 aliphatic carbocycles. The molecule has 4 aliphatic rings. The summed E-state index contributed by atoms with van der Waals surface area (Å²) >= 11 is 6.09. The average Bonchev–Trinajstić information content (AvgIpc) is 3.60. The number of fused-ring (bicyclic) bond motifs is 1. The van der Waals surface area contributed by atoms with E-state index in [1.165, 1.54) is 0 Å². The van der Waals surface area contributed by atoms with Crippen LogP contribution in [0.15, 0.2) is 54.6 Å². The van der Waals surface area contributed by atoms with Crippen molar-refractivity contribution < 1.29 is 19.1 Å². The first-order valence-electron chi connectivity index (χ1n) is 15.2. The van der Waals surface area contributed by atoms with Crippen LogP contribution in [0, 0.1) is 37.5 Å². The number of ether oxygens (including phenoxy) is 1. The molecule has 2 aromatic rings. The van der Waals surface area contributed by atoms with Crippen LogP contribution in [0.4, 0.5) is 5.69 Å². The number of rotatable bonds is 7. The number of anilines is 1. The molecule has 3 aliphatic heterocycles. The fourth-order valence-electron chi connectivity index (χ4n) is 7.50. The van der Waals surface area contributed by atoms with E-state index in [9.17, 15) is 14.4 Å². The lowest BCUT2D eigenvalue weighted by Crippen LogP contribution is -2.58. The van der Waals surface area contributed by atoms with E-state index >= 15 is 0 Å². The lowest BCUT2D eigenvalue weighted by molar-refractivity contribution is -0.141. The number of carbonyl (C=O) groups excluding carboxylic acids is 3. The molecule has 0 unspecified atom stereocenters. The van der Waals surface area contributed by atoms with E-state index in [1.54, 1.807) is 4.90 Å². The van der Waals surface area contributed by atoms with Gasteiger partial charge in [0, 0.05) is 23.3 Å². The molecule has 1 saturated carbocycles. The normalized spacial score (nSPS) is 33.1. The van der Waals surface area contributed by atoms with E-state index in [4.69, 9.17) is 16.3 Å². The summed E-state index contributed by atoms with van der Waals surface area (Å²) in [6.07, 6.45) is 6.86. The third-order valence-electron chi connectivity index (χ3n) is 10.3. The molecule has 2 saturated heterocycles. The fraction of sp³-hybridized carbons (Fsp3) is 0.500. The number of carbonyl (C=O) groups is 3. The Morgan fingerprint density at radius 1 is 1.05 bits per heavy atom. The van der Waals surface area contributed by atoms with E-state index in [2.05, 4.69) is 24.5 Å². The van der Waals surface area contributed by atoms with Gasteiger partial charge in [0.05, 0.1) is 17.9 Å². The Morgan fingerprint density at radius 3 is 2.55 bits per heavy atom. The van der Waals surface area contributed by atoms with Crippen molar-refractivity contribution in [2.75, 3.05) is 11.9 Å². The van der Waals surface area contributed by atoms with Crippen LogP contribution in [0.2, 0.25) is 5.02 Å². The predicted octanol–water partition coefficient (Wildman–Crippen LogP) is 5.23. The number of likely N-dealkylation sites (tertiary alicyclic amines) is 1. The molecule has 2 aromatic carbocycles. The zero-order valence-electron chi connectivity index (χ0n) is 24.7. The van der Waals surface area contributed by atoms with Crippen molar-refractivity contribution in [3.63, 3.8) is 0 Å². The van der Waals surface area contributed by atoms with E-state index < -0.39 is 29.6 Å². The second-order valence-corrected chi connectivity index (χ2v) is 13.2. The van der Waals surface area contributed by atoms with Gasteiger partial charge in [0.1, 0.15) is 11.6 Å². The van der Waals surface area contributed by atoms with Crippen LogP contribution < -0.4 is 10.6 Å². The minimum absolute atomic E-state index is 0.0383. The van der Waals surface area contributed by atoms with Gasteiger partial charge in [-0.3, -0.25) is 14.4 Å². The SMILES string of the molecule is Cc1ccc(NC(=O)[C@@H]2[C@@H]3C=C[C@]4(O3)[C@@H]2C(=O)N(CCc2ccc(Cl)cc2)[C@H]4C(=O)N[C@@H]2CCC[C@@H](C)[C@@H]2C)cc1C. The summed E-state index contributed by atoms with van der Waals surface area (Å²) in [5.41, 5.74) is 2.72. The third kappa shape index (κ3) is 4.94. The molecule has 222 valence electrons. The minimum atomic E-state index is -1.18. The Kier molecular flexibility index (Phi) is 7.69. The van der Waals surface area contributed by atoms with Crippen LogP contribution in [-0.2, 0) is 25.5 Å². The smallest absolute Gasteiger partial charge is 0.246 e. The standard InChI is InChI=1S/C34H40ClN3O4/c1-19-8-13-25(18-21(19)3)36-31(39)28-27-14-16-34(42-27)29(28)33(41)38(17-15-23-9-11-24(35)12-10-23)30(34)32(40)37-26-7-5-6-20(2)22(26)4/h8-14,16,18,20,22,26-30H,5-7,15,17H2,1-4H3,(H,36,39)(H,37,40)/t20-,22+,26-,27+,28-,29+,30+,34+/m1/s1. The maximum atomic E-state index is 14.3. The lowest BCUT2D eigenvalue weighted by Gasteiger charge is -2.38. The van der Waals surface area contributed by atoms with Crippen molar-refractivity contribution >= 4 is 35.0 Å². The first kappa shape index (κ1) is 28.9. The number of nitrogens with one attached hydrogen (secondary N) is 2. The molecule has 3 fully saturated rings. The Bertz CT molecular complexity index is 1420. The molecule has 1 spiro atoms. The van der Waals surface area contributed by atoms with Crippen LogP contribution in [0.1, 0.15) is 49.8 Å². The van der Waals surface area contributed by atoms with Gasteiger partial charge in [-0.1, -0.05) is 68.6 Å². The van der Waals surface area contributed by atoms with Crippen LogP contribution in [0.25, 0.3) is 0 Å². The number of nitrogens with zero attached hydrogens (tertiary/aromatic N) is 1. The highest BCUT2D eigenvalue weighted by atomic mass is 35.5. The first-order chi connectivity index (χ1) is 20.1. The topological polar surface area (TPSA) is 87.7 Å². The highest BCUT2D eigenvalue weighted by Crippen LogP contribution is 2.55. The van der Waals surface area contributed by atoms with Crippen LogP contribution in [0.3, 0.4) is 0 Å². The summed E-state index contributed by atoms with van der Waals surface area (Å²) < 4.78 is 6.52. The summed E-state index contributed by atoms with van der Waals surface area (Å²) in [6.45, 7) is 8.78. The van der Waals surface area contributed by atoms with Crippen molar-refractivity contribution in [3.8, 4) is 0 Å². The molecule has 6 rings (SSSR count). The van der Waals surface area contributed by atoms with Gasteiger partial charge in [-0.15, -0.1) is 0 Å². The lowest BCUT2D eigenvalue weighted by atomic mass is 9.73. The number of amides is 3. The Labute approximate surface area is 253 Å². The monoisotopic (exact) mass is 589 g/mol.